The van der Waals surface area contributed by atoms with Gasteiger partial charge < -0.3 is 4.90 Å². The van der Waals surface area contributed by atoms with Gasteiger partial charge in [-0.15, -0.1) is 0 Å². The van der Waals surface area contributed by atoms with Crippen molar-refractivity contribution >= 4 is 5.91 Å². The van der Waals surface area contributed by atoms with Crippen LogP contribution < -0.4 is 0 Å². The summed E-state index contributed by atoms with van der Waals surface area (Å²) in [5, 5.41) is 6.96. The number of H-pyrrole nitrogens is 1. The first-order chi connectivity index (χ1) is 9.33. The zero-order valence-electron chi connectivity index (χ0n) is 10.6. The maximum atomic E-state index is 12.2. The highest BCUT2D eigenvalue weighted by atomic mass is 16.2. The zero-order chi connectivity index (χ0) is 13.1. The van der Waals surface area contributed by atoms with Crippen LogP contribution in [0.25, 0.3) is 0 Å². The summed E-state index contributed by atoms with van der Waals surface area (Å²) in [6.07, 6.45) is 6.67. The maximum absolute atomic E-state index is 12.2. The lowest BCUT2D eigenvalue weighted by Crippen LogP contribution is -2.29. The molecule has 19 heavy (non-hydrogen) atoms. The van der Waals surface area contributed by atoms with Crippen molar-refractivity contribution in [2.24, 2.45) is 0 Å². The third kappa shape index (κ3) is 2.65. The molecule has 5 heteroatoms. The van der Waals surface area contributed by atoms with Gasteiger partial charge in [0.2, 0.25) is 5.91 Å². The van der Waals surface area contributed by atoms with Crippen molar-refractivity contribution in [3.63, 3.8) is 0 Å². The molecule has 1 N–H and O–H groups in total. The van der Waals surface area contributed by atoms with E-state index in [4.69, 9.17) is 0 Å². The highest BCUT2D eigenvalue weighted by molar-refractivity contribution is 5.79. The van der Waals surface area contributed by atoms with Crippen LogP contribution in [0.4, 0.5) is 0 Å². The minimum Gasteiger partial charge on any atom is -0.342 e. The van der Waals surface area contributed by atoms with Gasteiger partial charge in [0.1, 0.15) is 0 Å². The molecule has 1 aliphatic rings. The van der Waals surface area contributed by atoms with Crippen molar-refractivity contribution in [3.8, 4) is 0 Å². The lowest BCUT2D eigenvalue weighted by atomic mass is 10.1. The lowest BCUT2D eigenvalue weighted by Gasteiger charge is -2.16. The van der Waals surface area contributed by atoms with E-state index in [1.165, 1.54) is 0 Å². The summed E-state index contributed by atoms with van der Waals surface area (Å²) >= 11 is 0. The largest absolute Gasteiger partial charge is 0.342 e. The fraction of sp³-hybridized carbons (Fsp3) is 0.357. The first kappa shape index (κ1) is 11.9. The third-order valence-electron chi connectivity index (χ3n) is 3.58. The van der Waals surface area contributed by atoms with Crippen molar-refractivity contribution < 1.29 is 4.79 Å². The van der Waals surface area contributed by atoms with Crippen molar-refractivity contribution in [2.45, 2.75) is 18.8 Å². The Kier molecular flexibility index (Phi) is 3.27. The minimum atomic E-state index is 0.176. The number of aromatic nitrogens is 3. The summed E-state index contributed by atoms with van der Waals surface area (Å²) in [4.78, 5) is 18.2. The van der Waals surface area contributed by atoms with Gasteiger partial charge in [-0.25, -0.2) is 0 Å². The second-order valence-corrected chi connectivity index (χ2v) is 4.88. The second-order valence-electron chi connectivity index (χ2n) is 4.88. The maximum Gasteiger partial charge on any atom is 0.227 e. The van der Waals surface area contributed by atoms with E-state index in [1.807, 2.05) is 23.1 Å². The number of rotatable bonds is 3. The van der Waals surface area contributed by atoms with Crippen LogP contribution in [-0.4, -0.2) is 39.1 Å². The number of carbonyl (C=O) groups is 1. The Morgan fingerprint density at radius 2 is 2.37 bits per heavy atom. The molecular formula is C14H16N4O. The number of likely N-dealkylation sites (tertiary alicyclic amines) is 1. The fourth-order valence-corrected chi connectivity index (χ4v) is 2.52. The molecule has 1 fully saturated rings. The minimum absolute atomic E-state index is 0.176. The molecule has 1 aliphatic heterocycles. The Bertz CT molecular complexity index is 538. The molecule has 3 rings (SSSR count). The molecular weight excluding hydrogens is 240 g/mol. The van der Waals surface area contributed by atoms with Crippen LogP contribution in [-0.2, 0) is 11.2 Å². The highest BCUT2D eigenvalue weighted by Crippen LogP contribution is 2.25. The first-order valence-electron chi connectivity index (χ1n) is 6.49. The molecule has 2 aromatic heterocycles. The molecule has 1 saturated heterocycles. The summed E-state index contributed by atoms with van der Waals surface area (Å²) in [6, 6.07) is 5.78. The van der Waals surface area contributed by atoms with Crippen LogP contribution in [0.1, 0.15) is 23.6 Å². The molecule has 0 saturated carbocycles. The SMILES string of the molecule is O=C(Cc1cccnc1)N1CC[C@@H](c2ccn[nH]2)C1. The van der Waals surface area contributed by atoms with E-state index < -0.39 is 0 Å². The van der Waals surface area contributed by atoms with Gasteiger partial charge in [-0.2, -0.15) is 5.10 Å². The Morgan fingerprint density at radius 1 is 1.42 bits per heavy atom. The van der Waals surface area contributed by atoms with Gasteiger partial charge in [-0.1, -0.05) is 6.07 Å². The quantitative estimate of drug-likeness (QED) is 0.902. The summed E-state index contributed by atoms with van der Waals surface area (Å²) in [5.74, 6) is 0.565. The van der Waals surface area contributed by atoms with E-state index in [2.05, 4.69) is 15.2 Å². The van der Waals surface area contributed by atoms with Crippen LogP contribution in [0, 0.1) is 0 Å². The van der Waals surface area contributed by atoms with Gasteiger partial charge in [0, 0.05) is 43.3 Å². The average Bonchev–Trinajstić information content (AvgIpc) is 3.11. The smallest absolute Gasteiger partial charge is 0.227 e. The van der Waals surface area contributed by atoms with Gasteiger partial charge in [-0.05, 0) is 24.1 Å². The first-order valence-corrected chi connectivity index (χ1v) is 6.49. The standard InChI is InChI=1S/C14H16N4O/c19-14(8-11-2-1-5-15-9-11)18-7-4-12(10-18)13-3-6-16-17-13/h1-3,5-6,9,12H,4,7-8,10H2,(H,16,17)/t12-/m1/s1. The van der Waals surface area contributed by atoms with Crippen LogP contribution in [0.5, 0.6) is 0 Å². The number of hydrogen-bond acceptors (Lipinski definition) is 3. The van der Waals surface area contributed by atoms with E-state index >= 15 is 0 Å². The van der Waals surface area contributed by atoms with Gasteiger partial charge in [0.25, 0.3) is 0 Å². The Balaban J connectivity index is 1.60. The Hall–Kier alpha value is -2.17. The van der Waals surface area contributed by atoms with Crippen LogP contribution in [0.3, 0.4) is 0 Å². The summed E-state index contributed by atoms with van der Waals surface area (Å²) in [5.41, 5.74) is 2.09. The van der Waals surface area contributed by atoms with Crippen molar-refractivity contribution in [1.82, 2.24) is 20.1 Å². The molecule has 0 unspecified atom stereocenters. The van der Waals surface area contributed by atoms with Crippen molar-refractivity contribution in [3.05, 3.63) is 48.0 Å². The summed E-state index contributed by atoms with van der Waals surface area (Å²) in [7, 11) is 0. The number of amides is 1. The van der Waals surface area contributed by atoms with Crippen molar-refractivity contribution in [1.29, 1.82) is 0 Å². The highest BCUT2D eigenvalue weighted by Gasteiger charge is 2.27. The predicted octanol–water partition coefficient (Wildman–Crippen LogP) is 1.36. The molecule has 0 aliphatic carbocycles. The van der Waals surface area contributed by atoms with E-state index in [1.54, 1.807) is 18.6 Å². The van der Waals surface area contributed by atoms with E-state index in [0.717, 1.165) is 30.8 Å². The van der Waals surface area contributed by atoms with Gasteiger partial charge in [-0.3, -0.25) is 14.9 Å². The van der Waals surface area contributed by atoms with E-state index in [9.17, 15) is 4.79 Å². The third-order valence-corrected chi connectivity index (χ3v) is 3.58. The monoisotopic (exact) mass is 256 g/mol. The molecule has 2 aromatic rings. The normalized spacial score (nSPS) is 18.7. The molecule has 0 spiro atoms. The molecule has 3 heterocycles. The van der Waals surface area contributed by atoms with Crippen LogP contribution >= 0.6 is 0 Å². The summed E-state index contributed by atoms with van der Waals surface area (Å²) < 4.78 is 0. The van der Waals surface area contributed by atoms with Gasteiger partial charge >= 0.3 is 0 Å². The van der Waals surface area contributed by atoms with Crippen LogP contribution in [0.15, 0.2) is 36.8 Å². The molecule has 98 valence electrons. The average molecular weight is 256 g/mol. The molecule has 0 aromatic carbocycles. The molecule has 1 amide bonds. The number of nitrogens with one attached hydrogen (secondary N) is 1. The number of hydrogen-bond donors (Lipinski definition) is 1. The number of pyridine rings is 1. The molecule has 5 nitrogen and oxygen atoms in total. The van der Waals surface area contributed by atoms with Gasteiger partial charge in [0.15, 0.2) is 0 Å². The molecule has 0 bridgehead atoms. The Morgan fingerprint density at radius 3 is 3.11 bits per heavy atom. The predicted molar refractivity (Wildman–Crippen MR) is 70.5 cm³/mol. The zero-order valence-corrected chi connectivity index (χ0v) is 10.6. The lowest BCUT2D eigenvalue weighted by molar-refractivity contribution is -0.129. The van der Waals surface area contributed by atoms with Gasteiger partial charge in [0.05, 0.1) is 6.42 Å². The Labute approximate surface area is 111 Å². The topological polar surface area (TPSA) is 61.9 Å². The second kappa shape index (κ2) is 5.22. The summed E-state index contributed by atoms with van der Waals surface area (Å²) in [6.45, 7) is 1.60. The van der Waals surface area contributed by atoms with Crippen LogP contribution in [0.2, 0.25) is 0 Å². The van der Waals surface area contributed by atoms with E-state index in [0.29, 0.717) is 12.3 Å². The number of carbonyl (C=O) groups excluding carboxylic acids is 1. The number of aromatic amines is 1. The molecule has 1 atom stereocenters. The molecule has 0 radical (unpaired) electrons. The van der Waals surface area contributed by atoms with E-state index in [-0.39, 0.29) is 5.91 Å². The number of nitrogens with zero attached hydrogens (tertiary/aromatic N) is 3. The fourth-order valence-electron chi connectivity index (χ4n) is 2.52. The van der Waals surface area contributed by atoms with Crippen molar-refractivity contribution in [2.75, 3.05) is 13.1 Å².